The van der Waals surface area contributed by atoms with Crippen LogP contribution in [0.5, 0.6) is 5.75 Å². The molecule has 1 aromatic carbocycles. The summed E-state index contributed by atoms with van der Waals surface area (Å²) in [7, 11) is 1.55. The van der Waals surface area contributed by atoms with E-state index in [0.717, 1.165) is 38.8 Å². The van der Waals surface area contributed by atoms with Gasteiger partial charge in [0.2, 0.25) is 11.8 Å². The van der Waals surface area contributed by atoms with Crippen molar-refractivity contribution < 1.29 is 14.3 Å². The zero-order chi connectivity index (χ0) is 21.3. The first kappa shape index (κ1) is 22.1. The predicted octanol–water partition coefficient (Wildman–Crippen LogP) is 3.38. The van der Waals surface area contributed by atoms with Gasteiger partial charge in [0.25, 0.3) is 0 Å². The monoisotopic (exact) mass is 433 g/mol. The van der Waals surface area contributed by atoms with E-state index in [1.54, 1.807) is 36.3 Å². The van der Waals surface area contributed by atoms with Crippen molar-refractivity contribution in [1.82, 2.24) is 19.7 Å². The zero-order valence-corrected chi connectivity index (χ0v) is 18.0. The topological polar surface area (TPSA) is 89.4 Å². The lowest BCUT2D eigenvalue weighted by atomic mass is 9.93. The molecule has 2 aromatic rings. The van der Waals surface area contributed by atoms with Crippen LogP contribution in [0.4, 0.5) is 5.69 Å². The molecule has 0 bridgehead atoms. The maximum atomic E-state index is 12.5. The van der Waals surface area contributed by atoms with E-state index >= 15 is 0 Å². The summed E-state index contributed by atoms with van der Waals surface area (Å²) in [4.78, 5) is 30.7. The van der Waals surface area contributed by atoms with Crippen LogP contribution in [0.2, 0.25) is 5.02 Å². The lowest BCUT2D eigenvalue weighted by molar-refractivity contribution is -0.133. The molecule has 2 heterocycles. The predicted molar refractivity (Wildman–Crippen MR) is 114 cm³/mol. The summed E-state index contributed by atoms with van der Waals surface area (Å²) in [6, 6.07) is 5.17. The number of carbonyl (C=O) groups excluding carboxylic acids is 2. The molecule has 1 aliphatic rings. The van der Waals surface area contributed by atoms with Crippen molar-refractivity contribution in [3.63, 3.8) is 0 Å². The van der Waals surface area contributed by atoms with Crippen molar-refractivity contribution in [2.75, 3.05) is 25.5 Å². The van der Waals surface area contributed by atoms with E-state index in [0.29, 0.717) is 41.8 Å². The van der Waals surface area contributed by atoms with Crippen LogP contribution in [-0.4, -0.2) is 51.7 Å². The fraction of sp³-hybridized carbons (Fsp3) is 0.524. The zero-order valence-electron chi connectivity index (χ0n) is 17.2. The first-order valence-electron chi connectivity index (χ1n) is 10.3. The quantitative estimate of drug-likeness (QED) is 0.654. The third-order valence-electron chi connectivity index (χ3n) is 5.33. The summed E-state index contributed by atoms with van der Waals surface area (Å²) in [6.45, 7) is 2.22. The Morgan fingerprint density at radius 3 is 2.93 bits per heavy atom. The highest BCUT2D eigenvalue weighted by molar-refractivity contribution is 6.32. The fourth-order valence-electron chi connectivity index (χ4n) is 3.73. The van der Waals surface area contributed by atoms with Gasteiger partial charge in [0.15, 0.2) is 0 Å². The fourth-order valence-corrected chi connectivity index (χ4v) is 3.99. The van der Waals surface area contributed by atoms with Gasteiger partial charge in [0.1, 0.15) is 18.4 Å². The van der Waals surface area contributed by atoms with Crippen molar-refractivity contribution in [2.45, 2.75) is 45.1 Å². The molecule has 1 N–H and O–H groups in total. The third kappa shape index (κ3) is 6.45. The molecule has 9 heteroatoms. The molecule has 0 saturated carbocycles. The van der Waals surface area contributed by atoms with Crippen molar-refractivity contribution in [1.29, 1.82) is 0 Å². The number of anilines is 1. The van der Waals surface area contributed by atoms with Crippen molar-refractivity contribution >= 4 is 29.1 Å². The molecule has 0 unspecified atom stereocenters. The molecule has 1 atom stereocenters. The molecule has 8 nitrogen and oxygen atoms in total. The van der Waals surface area contributed by atoms with E-state index in [2.05, 4.69) is 15.4 Å². The summed E-state index contributed by atoms with van der Waals surface area (Å²) in [6.07, 6.45) is 7.62. The van der Waals surface area contributed by atoms with Crippen LogP contribution >= 0.6 is 11.6 Å². The Balaban J connectivity index is 1.39. The number of ether oxygens (including phenoxy) is 1. The number of likely N-dealkylation sites (tertiary alicyclic amines) is 1. The van der Waals surface area contributed by atoms with Gasteiger partial charge in [-0.15, -0.1) is 0 Å². The first-order chi connectivity index (χ1) is 14.5. The molecule has 0 radical (unpaired) electrons. The van der Waals surface area contributed by atoms with Crippen molar-refractivity contribution in [3.05, 3.63) is 35.9 Å². The van der Waals surface area contributed by atoms with Crippen molar-refractivity contribution in [2.24, 2.45) is 5.92 Å². The molecule has 0 spiro atoms. The summed E-state index contributed by atoms with van der Waals surface area (Å²) in [5, 5.41) is 7.39. The van der Waals surface area contributed by atoms with Gasteiger partial charge in [0, 0.05) is 38.2 Å². The molecular formula is C21H28ClN5O3. The largest absolute Gasteiger partial charge is 0.495 e. The number of aromatic nitrogens is 3. The number of halogens is 1. The number of aryl methyl sites for hydroxylation is 1. The summed E-state index contributed by atoms with van der Waals surface area (Å²) in [5.41, 5.74) is 0.652. The molecular weight excluding hydrogens is 406 g/mol. The highest BCUT2D eigenvalue weighted by Crippen LogP contribution is 2.27. The average Bonchev–Trinajstić information content (AvgIpc) is 3.26. The van der Waals surface area contributed by atoms with E-state index in [1.165, 1.54) is 6.33 Å². The number of amides is 2. The minimum absolute atomic E-state index is 0.0486. The van der Waals surface area contributed by atoms with E-state index in [1.807, 2.05) is 4.90 Å². The Labute approximate surface area is 181 Å². The number of hydrogen-bond donors (Lipinski definition) is 1. The van der Waals surface area contributed by atoms with Crippen LogP contribution in [0.1, 0.15) is 38.5 Å². The Morgan fingerprint density at radius 1 is 1.33 bits per heavy atom. The molecule has 1 fully saturated rings. The van der Waals surface area contributed by atoms with Crippen molar-refractivity contribution in [3.8, 4) is 5.75 Å². The van der Waals surface area contributed by atoms with E-state index < -0.39 is 0 Å². The van der Waals surface area contributed by atoms with Crippen LogP contribution in [-0.2, 0) is 16.1 Å². The van der Waals surface area contributed by atoms with Gasteiger partial charge in [-0.25, -0.2) is 4.98 Å². The van der Waals surface area contributed by atoms with E-state index in [4.69, 9.17) is 16.3 Å². The van der Waals surface area contributed by atoms with Gasteiger partial charge in [-0.1, -0.05) is 11.6 Å². The van der Waals surface area contributed by atoms with Gasteiger partial charge in [-0.05, 0) is 49.8 Å². The number of hydrogen-bond acceptors (Lipinski definition) is 5. The SMILES string of the molecule is COc1ccc(NC(=O)CC[C@H]2CCCN(C(=O)CCCn3cncn3)C2)cc1Cl. The van der Waals surface area contributed by atoms with Gasteiger partial charge in [-0.3, -0.25) is 14.3 Å². The number of piperidine rings is 1. The molecule has 1 aliphatic heterocycles. The second-order valence-electron chi connectivity index (χ2n) is 7.55. The van der Waals surface area contributed by atoms with E-state index in [9.17, 15) is 9.59 Å². The number of nitrogens with zero attached hydrogens (tertiary/aromatic N) is 4. The Hall–Kier alpha value is -2.61. The lowest BCUT2D eigenvalue weighted by Crippen LogP contribution is -2.40. The number of carbonyl (C=O) groups is 2. The van der Waals surface area contributed by atoms with Crippen LogP contribution < -0.4 is 10.1 Å². The summed E-state index contributed by atoms with van der Waals surface area (Å²) < 4.78 is 6.86. The average molecular weight is 434 g/mol. The van der Waals surface area contributed by atoms with Crippen LogP contribution in [0.25, 0.3) is 0 Å². The smallest absolute Gasteiger partial charge is 0.224 e. The number of nitrogens with one attached hydrogen (secondary N) is 1. The highest BCUT2D eigenvalue weighted by atomic mass is 35.5. The third-order valence-corrected chi connectivity index (χ3v) is 5.63. The van der Waals surface area contributed by atoms with E-state index in [-0.39, 0.29) is 11.8 Å². The Bertz CT molecular complexity index is 843. The molecule has 1 aromatic heterocycles. The van der Waals surface area contributed by atoms with Gasteiger partial charge in [-0.2, -0.15) is 5.10 Å². The Kier molecular flexibility index (Phi) is 8.07. The summed E-state index contributed by atoms with van der Waals surface area (Å²) >= 11 is 6.10. The van der Waals surface area contributed by atoms with Gasteiger partial charge >= 0.3 is 0 Å². The lowest BCUT2D eigenvalue weighted by Gasteiger charge is -2.33. The van der Waals surface area contributed by atoms with Crippen LogP contribution in [0.15, 0.2) is 30.9 Å². The standard InChI is InChI=1S/C21H28ClN5O3/c1-30-19-8-7-17(12-18(19)22)25-20(28)9-6-16-4-2-10-26(13-16)21(29)5-3-11-27-15-23-14-24-27/h7-8,12,14-16H,2-6,9-11,13H2,1H3,(H,25,28)/t16-/m1/s1. The van der Waals surface area contributed by atoms with Crippen LogP contribution in [0, 0.1) is 5.92 Å². The Morgan fingerprint density at radius 2 is 2.20 bits per heavy atom. The molecule has 162 valence electrons. The molecule has 30 heavy (non-hydrogen) atoms. The van der Waals surface area contributed by atoms with Gasteiger partial charge in [0.05, 0.1) is 12.1 Å². The number of rotatable bonds is 9. The van der Waals surface area contributed by atoms with Gasteiger partial charge < -0.3 is 15.0 Å². The molecule has 2 amide bonds. The first-order valence-corrected chi connectivity index (χ1v) is 10.7. The minimum atomic E-state index is -0.0486. The second kappa shape index (κ2) is 11.0. The molecule has 3 rings (SSSR count). The second-order valence-corrected chi connectivity index (χ2v) is 7.95. The molecule has 1 saturated heterocycles. The number of benzene rings is 1. The highest BCUT2D eigenvalue weighted by Gasteiger charge is 2.23. The summed E-state index contributed by atoms with van der Waals surface area (Å²) in [5.74, 6) is 1.05. The number of methoxy groups -OCH3 is 1. The minimum Gasteiger partial charge on any atom is -0.495 e. The maximum Gasteiger partial charge on any atom is 0.224 e. The maximum absolute atomic E-state index is 12.5. The molecule has 0 aliphatic carbocycles. The normalized spacial score (nSPS) is 16.3. The van der Waals surface area contributed by atoms with Crippen LogP contribution in [0.3, 0.4) is 0 Å².